The van der Waals surface area contributed by atoms with E-state index in [1.165, 1.54) is 18.0 Å². The van der Waals surface area contributed by atoms with Gasteiger partial charge in [-0.2, -0.15) is 0 Å². The van der Waals surface area contributed by atoms with Crippen LogP contribution in [0.15, 0.2) is 42.5 Å². The number of hydrogen-bond acceptors (Lipinski definition) is 4. The van der Waals surface area contributed by atoms with Crippen LogP contribution in [0.2, 0.25) is 10.0 Å². The first-order chi connectivity index (χ1) is 12.4. The SMILES string of the molecule is CN(CC(=O)Nc1ccc(Cl)c(Cl)c1)C(=O)COc1ccccc1C=O. The third-order valence-electron chi connectivity index (χ3n) is 3.41. The first-order valence-electron chi connectivity index (χ1n) is 7.56. The predicted molar refractivity (Wildman–Crippen MR) is 100 cm³/mol. The maximum atomic E-state index is 12.1. The number of nitrogens with one attached hydrogen (secondary N) is 1. The van der Waals surface area contributed by atoms with Crippen LogP contribution >= 0.6 is 23.2 Å². The van der Waals surface area contributed by atoms with Crippen molar-refractivity contribution in [3.8, 4) is 5.75 Å². The van der Waals surface area contributed by atoms with Gasteiger partial charge in [0.2, 0.25) is 5.91 Å². The molecule has 0 saturated heterocycles. The molecule has 0 aliphatic rings. The molecule has 0 fully saturated rings. The summed E-state index contributed by atoms with van der Waals surface area (Å²) in [6, 6.07) is 11.2. The molecule has 2 rings (SSSR count). The van der Waals surface area contributed by atoms with E-state index in [0.717, 1.165) is 0 Å². The molecule has 0 saturated carbocycles. The third-order valence-corrected chi connectivity index (χ3v) is 4.15. The highest BCUT2D eigenvalue weighted by molar-refractivity contribution is 6.42. The average Bonchev–Trinajstić information content (AvgIpc) is 2.62. The van der Waals surface area contributed by atoms with Gasteiger partial charge in [0.25, 0.3) is 5.91 Å². The molecule has 0 spiro atoms. The van der Waals surface area contributed by atoms with Gasteiger partial charge in [-0.05, 0) is 30.3 Å². The lowest BCUT2D eigenvalue weighted by Crippen LogP contribution is -2.37. The number of carbonyl (C=O) groups is 3. The zero-order valence-electron chi connectivity index (χ0n) is 13.9. The van der Waals surface area contributed by atoms with Gasteiger partial charge in [0.1, 0.15) is 5.75 Å². The van der Waals surface area contributed by atoms with Crippen LogP contribution in [-0.2, 0) is 9.59 Å². The van der Waals surface area contributed by atoms with Crippen LogP contribution in [0.4, 0.5) is 5.69 Å². The second-order valence-electron chi connectivity index (χ2n) is 5.37. The minimum absolute atomic E-state index is 0.169. The van der Waals surface area contributed by atoms with Gasteiger partial charge in [0.15, 0.2) is 12.9 Å². The number of nitrogens with zero attached hydrogens (tertiary/aromatic N) is 1. The molecular weight excluding hydrogens is 379 g/mol. The molecule has 0 heterocycles. The molecule has 26 heavy (non-hydrogen) atoms. The summed E-state index contributed by atoms with van der Waals surface area (Å²) in [6.45, 7) is -0.459. The topological polar surface area (TPSA) is 75.7 Å². The van der Waals surface area contributed by atoms with E-state index in [2.05, 4.69) is 5.32 Å². The molecule has 0 aliphatic carbocycles. The highest BCUT2D eigenvalue weighted by atomic mass is 35.5. The van der Waals surface area contributed by atoms with Gasteiger partial charge in [0.05, 0.1) is 22.2 Å². The summed E-state index contributed by atoms with van der Waals surface area (Å²) < 4.78 is 5.35. The standard InChI is InChI=1S/C18H16Cl2N2O4/c1-22(9-17(24)21-13-6-7-14(19)15(20)8-13)18(25)11-26-16-5-3-2-4-12(16)10-23/h2-8,10H,9,11H2,1H3,(H,21,24). The summed E-state index contributed by atoms with van der Waals surface area (Å²) in [5, 5.41) is 3.32. The highest BCUT2D eigenvalue weighted by Gasteiger charge is 2.15. The zero-order valence-corrected chi connectivity index (χ0v) is 15.4. The first kappa shape index (κ1) is 19.8. The second kappa shape index (κ2) is 9.22. The van der Waals surface area contributed by atoms with Crippen LogP contribution in [0.3, 0.4) is 0 Å². The van der Waals surface area contributed by atoms with E-state index < -0.39 is 11.8 Å². The quantitative estimate of drug-likeness (QED) is 0.731. The first-order valence-corrected chi connectivity index (χ1v) is 8.32. The molecule has 0 radical (unpaired) electrons. The van der Waals surface area contributed by atoms with E-state index in [0.29, 0.717) is 33.3 Å². The van der Waals surface area contributed by atoms with Gasteiger partial charge in [-0.25, -0.2) is 0 Å². The smallest absolute Gasteiger partial charge is 0.260 e. The number of benzene rings is 2. The number of carbonyl (C=O) groups excluding carboxylic acids is 3. The van der Waals surface area contributed by atoms with Crippen molar-refractivity contribution < 1.29 is 19.1 Å². The summed E-state index contributed by atoms with van der Waals surface area (Å²) in [7, 11) is 1.48. The fourth-order valence-corrected chi connectivity index (χ4v) is 2.34. The molecule has 1 N–H and O–H groups in total. The Kier molecular flexibility index (Phi) is 7.00. The van der Waals surface area contributed by atoms with Crippen molar-refractivity contribution in [3.63, 3.8) is 0 Å². The monoisotopic (exact) mass is 394 g/mol. The van der Waals surface area contributed by atoms with Crippen LogP contribution in [0.25, 0.3) is 0 Å². The molecule has 2 amide bonds. The number of anilines is 1. The molecule has 0 unspecified atom stereocenters. The number of amides is 2. The summed E-state index contributed by atoms with van der Waals surface area (Å²) in [5.41, 5.74) is 0.821. The number of rotatable bonds is 7. The van der Waals surface area contributed by atoms with Gasteiger partial charge < -0.3 is 15.0 Å². The Labute approximate surface area is 160 Å². The van der Waals surface area contributed by atoms with E-state index in [9.17, 15) is 14.4 Å². The summed E-state index contributed by atoms with van der Waals surface area (Å²) in [6.07, 6.45) is 0.647. The van der Waals surface area contributed by atoms with Crippen molar-refractivity contribution in [2.24, 2.45) is 0 Å². The normalized spacial score (nSPS) is 10.1. The Hall–Kier alpha value is -2.57. The van der Waals surface area contributed by atoms with E-state index in [1.54, 1.807) is 36.4 Å². The molecule has 6 nitrogen and oxygen atoms in total. The number of ether oxygens (including phenoxy) is 1. The van der Waals surface area contributed by atoms with Gasteiger partial charge in [-0.3, -0.25) is 14.4 Å². The minimum atomic E-state index is -0.407. The molecular formula is C18H16Cl2N2O4. The molecule has 136 valence electrons. The minimum Gasteiger partial charge on any atom is -0.483 e. The Balaban J connectivity index is 1.86. The lowest BCUT2D eigenvalue weighted by atomic mass is 10.2. The summed E-state index contributed by atoms with van der Waals surface area (Å²) >= 11 is 11.7. The summed E-state index contributed by atoms with van der Waals surface area (Å²) in [5.74, 6) is -0.493. The Morgan fingerprint density at radius 2 is 1.88 bits per heavy atom. The van der Waals surface area contributed by atoms with E-state index >= 15 is 0 Å². The van der Waals surface area contributed by atoms with Crippen molar-refractivity contribution in [2.75, 3.05) is 25.5 Å². The Morgan fingerprint density at radius 3 is 2.58 bits per heavy atom. The van der Waals surface area contributed by atoms with Gasteiger partial charge in [-0.15, -0.1) is 0 Å². The number of para-hydroxylation sites is 1. The number of likely N-dealkylation sites (N-methyl/N-ethyl adjacent to an activating group) is 1. The lowest BCUT2D eigenvalue weighted by Gasteiger charge is -2.17. The number of halogens is 2. The number of hydrogen-bond donors (Lipinski definition) is 1. The molecule has 0 aromatic heterocycles. The molecule has 2 aromatic carbocycles. The van der Waals surface area contributed by atoms with E-state index in [4.69, 9.17) is 27.9 Å². The molecule has 0 bridgehead atoms. The van der Waals surface area contributed by atoms with E-state index in [1.807, 2.05) is 0 Å². The fraction of sp³-hybridized carbons (Fsp3) is 0.167. The van der Waals surface area contributed by atoms with Gasteiger partial charge >= 0.3 is 0 Å². The van der Waals surface area contributed by atoms with Gasteiger partial charge in [-0.1, -0.05) is 35.3 Å². The molecule has 2 aromatic rings. The van der Waals surface area contributed by atoms with Crippen molar-refractivity contribution in [1.82, 2.24) is 4.90 Å². The van der Waals surface area contributed by atoms with Crippen LogP contribution in [0, 0.1) is 0 Å². The van der Waals surface area contributed by atoms with Crippen LogP contribution in [0.5, 0.6) is 5.75 Å². The Morgan fingerprint density at radius 1 is 1.15 bits per heavy atom. The third kappa shape index (κ3) is 5.47. The van der Waals surface area contributed by atoms with Crippen LogP contribution in [0.1, 0.15) is 10.4 Å². The van der Waals surface area contributed by atoms with Crippen molar-refractivity contribution in [1.29, 1.82) is 0 Å². The maximum absolute atomic E-state index is 12.1. The van der Waals surface area contributed by atoms with E-state index in [-0.39, 0.29) is 13.2 Å². The zero-order chi connectivity index (χ0) is 19.1. The van der Waals surface area contributed by atoms with Crippen LogP contribution < -0.4 is 10.1 Å². The summed E-state index contributed by atoms with van der Waals surface area (Å²) in [4.78, 5) is 36.3. The average molecular weight is 395 g/mol. The lowest BCUT2D eigenvalue weighted by molar-refractivity contribution is -0.135. The molecule has 0 aliphatic heterocycles. The van der Waals surface area contributed by atoms with Crippen molar-refractivity contribution >= 4 is 47.0 Å². The fourth-order valence-electron chi connectivity index (χ4n) is 2.04. The van der Waals surface area contributed by atoms with Crippen LogP contribution in [-0.4, -0.2) is 43.2 Å². The maximum Gasteiger partial charge on any atom is 0.260 e. The second-order valence-corrected chi connectivity index (χ2v) is 6.19. The van der Waals surface area contributed by atoms with Crippen molar-refractivity contribution in [3.05, 3.63) is 58.1 Å². The Bertz CT molecular complexity index is 827. The number of aldehydes is 1. The molecule has 0 atom stereocenters. The van der Waals surface area contributed by atoms with Gasteiger partial charge in [0, 0.05) is 12.7 Å². The molecule has 8 heteroatoms. The largest absolute Gasteiger partial charge is 0.483 e. The highest BCUT2D eigenvalue weighted by Crippen LogP contribution is 2.24. The van der Waals surface area contributed by atoms with Crippen molar-refractivity contribution in [2.45, 2.75) is 0 Å². The predicted octanol–water partition coefficient (Wildman–Crippen LogP) is 3.28.